The Bertz CT molecular complexity index is 1020. The Morgan fingerprint density at radius 2 is 1.87 bits per heavy atom. The van der Waals surface area contributed by atoms with Crippen LogP contribution in [0.3, 0.4) is 0 Å². The fourth-order valence-corrected chi connectivity index (χ4v) is 3.83. The van der Waals surface area contributed by atoms with Gasteiger partial charge < -0.3 is 14.8 Å². The van der Waals surface area contributed by atoms with Crippen LogP contribution in [0.25, 0.3) is 6.08 Å². The van der Waals surface area contributed by atoms with Gasteiger partial charge in [-0.1, -0.05) is 12.1 Å². The summed E-state index contributed by atoms with van der Waals surface area (Å²) in [5.74, 6) is 0.0677. The Kier molecular flexibility index (Phi) is 7.30. The average Bonchev–Trinajstić information content (AvgIpc) is 3.02. The fraction of sp³-hybridized carbons (Fsp3) is 0.227. The lowest BCUT2D eigenvalue weighted by Crippen LogP contribution is -2.37. The third-order valence-electron chi connectivity index (χ3n) is 4.54. The van der Waals surface area contributed by atoms with Crippen LogP contribution in [0.1, 0.15) is 11.1 Å². The van der Waals surface area contributed by atoms with E-state index in [4.69, 9.17) is 9.47 Å². The first kappa shape index (κ1) is 22.4. The molecule has 31 heavy (non-hydrogen) atoms. The van der Waals surface area contributed by atoms with Crippen molar-refractivity contribution in [2.45, 2.75) is 6.42 Å². The molecule has 0 aliphatic carbocycles. The normalized spacial score (nSPS) is 14.8. The molecule has 1 aliphatic rings. The molecule has 0 saturated carbocycles. The number of rotatable bonds is 8. The molecular weight excluding hydrogens is 423 g/mol. The summed E-state index contributed by atoms with van der Waals surface area (Å²) in [4.78, 5) is 38.3. The number of nitrogens with zero attached hydrogens (tertiary/aromatic N) is 1. The predicted octanol–water partition coefficient (Wildman–Crippen LogP) is 3.24. The summed E-state index contributed by atoms with van der Waals surface area (Å²) in [6.45, 7) is 0.166. The molecule has 1 heterocycles. The van der Waals surface area contributed by atoms with Crippen LogP contribution in [0, 0.1) is 5.82 Å². The Balaban J connectivity index is 1.55. The van der Waals surface area contributed by atoms with Crippen molar-refractivity contribution in [3.8, 4) is 11.5 Å². The van der Waals surface area contributed by atoms with Crippen molar-refractivity contribution in [3.63, 3.8) is 0 Å². The SMILES string of the molecule is COc1ccc(OC)c(CC(=O)NCCN2C(=O)S/C(=C\c3ccc(F)cc3)C2=O)c1. The summed E-state index contributed by atoms with van der Waals surface area (Å²) in [7, 11) is 3.05. The average molecular weight is 444 g/mol. The summed E-state index contributed by atoms with van der Waals surface area (Å²) in [6.07, 6.45) is 1.60. The summed E-state index contributed by atoms with van der Waals surface area (Å²) >= 11 is 0.813. The van der Waals surface area contributed by atoms with E-state index in [9.17, 15) is 18.8 Å². The molecular formula is C22H21FN2O5S. The van der Waals surface area contributed by atoms with Crippen molar-refractivity contribution in [2.24, 2.45) is 0 Å². The van der Waals surface area contributed by atoms with Gasteiger partial charge in [-0.2, -0.15) is 0 Å². The van der Waals surface area contributed by atoms with Crippen LogP contribution in [-0.2, 0) is 16.0 Å². The first-order chi connectivity index (χ1) is 14.9. The van der Waals surface area contributed by atoms with E-state index in [1.165, 1.54) is 44.6 Å². The molecule has 0 atom stereocenters. The number of hydrogen-bond donors (Lipinski definition) is 1. The lowest BCUT2D eigenvalue weighted by atomic mass is 10.1. The highest BCUT2D eigenvalue weighted by Crippen LogP contribution is 2.32. The van der Waals surface area contributed by atoms with Crippen LogP contribution in [-0.4, -0.2) is 49.3 Å². The van der Waals surface area contributed by atoms with E-state index >= 15 is 0 Å². The molecule has 1 saturated heterocycles. The number of nitrogens with one attached hydrogen (secondary N) is 1. The zero-order valence-corrected chi connectivity index (χ0v) is 17.8. The number of amides is 3. The van der Waals surface area contributed by atoms with Crippen LogP contribution >= 0.6 is 11.8 Å². The van der Waals surface area contributed by atoms with Crippen molar-refractivity contribution in [1.82, 2.24) is 10.2 Å². The van der Waals surface area contributed by atoms with Crippen molar-refractivity contribution >= 4 is 34.9 Å². The topological polar surface area (TPSA) is 84.9 Å². The smallest absolute Gasteiger partial charge is 0.293 e. The van der Waals surface area contributed by atoms with E-state index in [2.05, 4.69) is 5.32 Å². The molecule has 3 rings (SSSR count). The number of carbonyl (C=O) groups excluding carboxylic acids is 3. The minimum absolute atomic E-state index is 0.0480. The predicted molar refractivity (Wildman–Crippen MR) is 115 cm³/mol. The van der Waals surface area contributed by atoms with E-state index in [1.54, 1.807) is 18.2 Å². The van der Waals surface area contributed by atoms with Gasteiger partial charge in [0.2, 0.25) is 5.91 Å². The molecule has 1 aliphatic heterocycles. The Morgan fingerprint density at radius 3 is 2.55 bits per heavy atom. The fourth-order valence-electron chi connectivity index (χ4n) is 2.97. The second kappa shape index (κ2) is 10.1. The molecule has 3 amide bonds. The number of thioether (sulfide) groups is 1. The summed E-state index contributed by atoms with van der Waals surface area (Å²) in [6, 6.07) is 10.8. The van der Waals surface area contributed by atoms with Crippen LogP contribution in [0.5, 0.6) is 11.5 Å². The Hall–Kier alpha value is -3.33. The molecule has 162 valence electrons. The minimum Gasteiger partial charge on any atom is -0.497 e. The van der Waals surface area contributed by atoms with Gasteiger partial charge in [0.25, 0.3) is 11.1 Å². The molecule has 1 N–H and O–H groups in total. The molecule has 1 fully saturated rings. The minimum atomic E-state index is -0.442. The van der Waals surface area contributed by atoms with E-state index < -0.39 is 11.1 Å². The lowest BCUT2D eigenvalue weighted by molar-refractivity contribution is -0.124. The number of benzene rings is 2. The molecule has 0 bridgehead atoms. The first-order valence-corrected chi connectivity index (χ1v) is 10.2. The van der Waals surface area contributed by atoms with Crippen molar-refractivity contribution < 1.29 is 28.2 Å². The van der Waals surface area contributed by atoms with Gasteiger partial charge in [0.05, 0.1) is 25.5 Å². The van der Waals surface area contributed by atoms with Gasteiger partial charge in [0.15, 0.2) is 0 Å². The summed E-state index contributed by atoms with van der Waals surface area (Å²) < 4.78 is 23.5. The third-order valence-corrected chi connectivity index (χ3v) is 5.44. The van der Waals surface area contributed by atoms with E-state index in [1.807, 2.05) is 0 Å². The molecule has 0 spiro atoms. The Morgan fingerprint density at radius 1 is 1.13 bits per heavy atom. The standard InChI is InChI=1S/C22H21FN2O5S/c1-29-17-7-8-18(30-2)15(12-17)13-20(26)24-9-10-25-21(27)19(31-22(25)28)11-14-3-5-16(23)6-4-14/h3-8,11-12H,9-10,13H2,1-2H3,(H,24,26)/b19-11-. The van der Waals surface area contributed by atoms with Gasteiger partial charge in [-0.25, -0.2) is 4.39 Å². The highest BCUT2D eigenvalue weighted by Gasteiger charge is 2.34. The van der Waals surface area contributed by atoms with E-state index in [0.717, 1.165) is 16.7 Å². The van der Waals surface area contributed by atoms with Gasteiger partial charge in [0, 0.05) is 18.7 Å². The van der Waals surface area contributed by atoms with E-state index in [-0.39, 0.29) is 36.1 Å². The number of halogens is 1. The molecule has 0 radical (unpaired) electrons. The maximum Gasteiger partial charge on any atom is 0.293 e. The first-order valence-electron chi connectivity index (χ1n) is 9.40. The second-order valence-corrected chi connectivity index (χ2v) is 7.58. The van der Waals surface area contributed by atoms with Crippen molar-refractivity contribution in [2.75, 3.05) is 27.3 Å². The third kappa shape index (κ3) is 5.64. The highest BCUT2D eigenvalue weighted by molar-refractivity contribution is 8.18. The largest absolute Gasteiger partial charge is 0.497 e. The lowest BCUT2D eigenvalue weighted by Gasteiger charge is -2.14. The van der Waals surface area contributed by atoms with Gasteiger partial charge in [-0.3, -0.25) is 19.3 Å². The number of hydrogen-bond acceptors (Lipinski definition) is 6. The number of imide groups is 1. The zero-order chi connectivity index (χ0) is 22.4. The molecule has 9 heteroatoms. The molecule has 0 unspecified atom stereocenters. The second-order valence-electron chi connectivity index (χ2n) is 6.59. The van der Waals surface area contributed by atoms with Crippen LogP contribution < -0.4 is 14.8 Å². The van der Waals surface area contributed by atoms with Crippen molar-refractivity contribution in [3.05, 3.63) is 64.3 Å². The summed E-state index contributed by atoms with van der Waals surface area (Å²) in [5.41, 5.74) is 1.28. The maximum atomic E-state index is 13.0. The summed E-state index contributed by atoms with van der Waals surface area (Å²) in [5, 5.41) is 2.29. The molecule has 2 aromatic rings. The van der Waals surface area contributed by atoms with Gasteiger partial charge in [-0.15, -0.1) is 0 Å². The Labute approximate surface area is 183 Å². The van der Waals surface area contributed by atoms with Crippen LogP contribution in [0.4, 0.5) is 9.18 Å². The quantitative estimate of drug-likeness (QED) is 0.630. The van der Waals surface area contributed by atoms with Gasteiger partial charge in [-0.05, 0) is 53.7 Å². The van der Waals surface area contributed by atoms with Crippen molar-refractivity contribution in [1.29, 1.82) is 0 Å². The molecule has 0 aromatic heterocycles. The molecule has 7 nitrogen and oxygen atoms in total. The zero-order valence-electron chi connectivity index (χ0n) is 17.0. The molecule has 2 aromatic carbocycles. The van der Waals surface area contributed by atoms with E-state index in [0.29, 0.717) is 22.6 Å². The number of carbonyl (C=O) groups is 3. The maximum absolute atomic E-state index is 13.0. The van der Waals surface area contributed by atoms with Gasteiger partial charge in [0.1, 0.15) is 17.3 Å². The highest BCUT2D eigenvalue weighted by atomic mass is 32.2. The van der Waals surface area contributed by atoms with Crippen LogP contribution in [0.15, 0.2) is 47.4 Å². The van der Waals surface area contributed by atoms with Gasteiger partial charge >= 0.3 is 0 Å². The van der Waals surface area contributed by atoms with Crippen LogP contribution in [0.2, 0.25) is 0 Å². The number of methoxy groups -OCH3 is 2. The number of ether oxygens (including phenoxy) is 2. The monoisotopic (exact) mass is 444 g/mol.